The summed E-state index contributed by atoms with van der Waals surface area (Å²) in [5, 5.41) is 0. The third-order valence-corrected chi connectivity index (χ3v) is 4.71. The van der Waals surface area contributed by atoms with Gasteiger partial charge in [0.25, 0.3) is 0 Å². The van der Waals surface area contributed by atoms with Gasteiger partial charge in [0, 0.05) is 0 Å². The molecule has 0 heterocycles. The van der Waals surface area contributed by atoms with E-state index in [1.807, 2.05) is 0 Å². The van der Waals surface area contributed by atoms with Crippen molar-refractivity contribution in [3.8, 4) is 0 Å². The van der Waals surface area contributed by atoms with E-state index >= 15 is 0 Å². The summed E-state index contributed by atoms with van der Waals surface area (Å²) < 4.78 is 9.03. The van der Waals surface area contributed by atoms with Crippen LogP contribution in [0.4, 0.5) is 0 Å². The number of esters is 2. The highest BCUT2D eigenvalue weighted by molar-refractivity contribution is 8.00. The van der Waals surface area contributed by atoms with E-state index in [0.29, 0.717) is 0 Å². The lowest BCUT2D eigenvalue weighted by Crippen LogP contribution is -2.68. The molecule has 11 heteroatoms. The van der Waals surface area contributed by atoms with E-state index in [0.717, 1.165) is 0 Å². The number of hydrogen-bond acceptors (Lipinski definition) is 8. The average molecular weight is 399 g/mol. The molecule has 0 aromatic heterocycles. The fourth-order valence-electron chi connectivity index (χ4n) is 1.60. The number of carbonyl (C=O) groups excluding carboxylic acids is 2. The van der Waals surface area contributed by atoms with E-state index in [9.17, 15) is 9.59 Å². The maximum absolute atomic E-state index is 11.4. The average Bonchev–Trinajstić information content (AvgIpc) is 2.49. The van der Waals surface area contributed by atoms with Gasteiger partial charge in [-0.05, 0) is 0 Å². The molecule has 23 heavy (non-hydrogen) atoms. The van der Waals surface area contributed by atoms with Crippen LogP contribution in [0.5, 0.6) is 0 Å². The lowest BCUT2D eigenvalue weighted by atomic mass is 10.4. The Bertz CT molecular complexity index is 449. The second-order valence-corrected chi connectivity index (χ2v) is 7.06. The number of quaternary nitrogens is 2. The summed E-state index contributed by atoms with van der Waals surface area (Å²) in [7, 11) is 5.90. The molecule has 7 nitrogen and oxygen atoms in total. The predicted molar refractivity (Wildman–Crippen MR) is 97.4 cm³/mol. The van der Waals surface area contributed by atoms with Gasteiger partial charge in [-0.25, -0.2) is 0 Å². The van der Waals surface area contributed by atoms with Crippen molar-refractivity contribution in [3.63, 3.8) is 0 Å². The molecule has 0 saturated carbocycles. The number of rotatable bonds is 8. The SMILES string of the molecule is COC(=O)CC[N+](C)([N][N+](C)(CCC(=O)OC)C(=S)[S-])C(=S)[S-]. The second kappa shape index (κ2) is 9.67. The molecule has 0 rings (SSSR count). The van der Waals surface area contributed by atoms with Gasteiger partial charge in [-0.2, -0.15) is 9.18 Å². The predicted octanol–water partition coefficient (Wildman–Crippen LogP) is 0.104. The minimum atomic E-state index is -0.402. The van der Waals surface area contributed by atoms with Crippen molar-refractivity contribution in [1.82, 2.24) is 5.53 Å². The van der Waals surface area contributed by atoms with Gasteiger partial charge >= 0.3 is 11.9 Å². The summed E-state index contributed by atoms with van der Waals surface area (Å²) >= 11 is 20.4. The highest BCUT2D eigenvalue weighted by atomic mass is 32.1. The Hall–Kier alpha value is -0.560. The van der Waals surface area contributed by atoms with Crippen molar-refractivity contribution < 1.29 is 28.2 Å². The summed E-state index contributed by atoms with van der Waals surface area (Å²) in [4.78, 5) is 22.7. The summed E-state index contributed by atoms with van der Waals surface area (Å²) in [6.45, 7) is 0.415. The van der Waals surface area contributed by atoms with Gasteiger partial charge in [-0.1, -0.05) is 0 Å². The van der Waals surface area contributed by atoms with Gasteiger partial charge < -0.3 is 59.2 Å². The molecule has 1 radical (unpaired) electrons. The second-order valence-electron chi connectivity index (χ2n) is 5.00. The van der Waals surface area contributed by atoms with Gasteiger partial charge in [0.15, 0.2) is 5.53 Å². The molecule has 0 bridgehead atoms. The number of thiocarbonyl (C=S) groups is 2. The minimum absolute atomic E-state index is 0.0778. The van der Waals surface area contributed by atoms with Crippen molar-refractivity contribution >= 4 is 70.3 Å². The molecule has 0 aliphatic rings. The van der Waals surface area contributed by atoms with Gasteiger partial charge in [0.2, 0.25) is 0 Å². The Labute approximate surface area is 158 Å². The Balaban J connectivity index is 5.22. The number of methoxy groups -OCH3 is 2. The van der Waals surface area contributed by atoms with Crippen LogP contribution in [0.3, 0.4) is 0 Å². The van der Waals surface area contributed by atoms with Crippen molar-refractivity contribution in [1.29, 1.82) is 0 Å². The third-order valence-electron chi connectivity index (χ3n) is 3.14. The van der Waals surface area contributed by atoms with Crippen molar-refractivity contribution in [3.05, 3.63) is 0 Å². The topological polar surface area (TPSA) is 66.7 Å². The van der Waals surface area contributed by atoms with E-state index in [1.54, 1.807) is 14.1 Å². The van der Waals surface area contributed by atoms with Gasteiger partial charge in [-0.3, -0.25) is 9.59 Å². The first-order chi connectivity index (χ1) is 10.5. The van der Waals surface area contributed by atoms with Crippen LogP contribution < -0.4 is 5.53 Å². The van der Waals surface area contributed by atoms with Crippen LogP contribution in [0.15, 0.2) is 0 Å². The molecule has 0 aromatic rings. The lowest BCUT2D eigenvalue weighted by molar-refractivity contribution is -1.08. The molecule has 2 unspecified atom stereocenters. The van der Waals surface area contributed by atoms with Gasteiger partial charge in [0.05, 0.1) is 49.8 Å². The lowest BCUT2D eigenvalue weighted by Gasteiger charge is -2.40. The number of hydrogen-bond donors (Lipinski definition) is 0. The van der Waals surface area contributed by atoms with E-state index in [2.05, 4.69) is 15.0 Å². The van der Waals surface area contributed by atoms with Crippen molar-refractivity contribution in [2.75, 3.05) is 41.4 Å². The molecule has 0 fully saturated rings. The Morgan fingerprint density at radius 2 is 1.22 bits per heavy atom. The zero-order valence-electron chi connectivity index (χ0n) is 13.4. The number of nitrogens with zero attached hydrogens (tertiary/aromatic N) is 3. The maximum Gasteiger partial charge on any atom is 0.311 e. The molecular weight excluding hydrogens is 378 g/mol. The number of ether oxygens (including phenoxy) is 2. The molecule has 0 aliphatic carbocycles. The smallest absolute Gasteiger partial charge is 0.311 e. The van der Waals surface area contributed by atoms with Crippen LogP contribution >= 0.6 is 24.4 Å². The van der Waals surface area contributed by atoms with Gasteiger partial charge in [0.1, 0.15) is 13.1 Å². The Morgan fingerprint density at radius 3 is 1.43 bits per heavy atom. The van der Waals surface area contributed by atoms with E-state index in [1.165, 1.54) is 14.2 Å². The molecule has 0 saturated heterocycles. The zero-order valence-corrected chi connectivity index (χ0v) is 16.7. The van der Waals surface area contributed by atoms with Crippen LogP contribution in [0.2, 0.25) is 0 Å². The van der Waals surface area contributed by atoms with Crippen LogP contribution in [-0.2, 0) is 44.3 Å². The molecule has 0 amide bonds. The third kappa shape index (κ3) is 7.25. The minimum Gasteiger partial charge on any atom is -0.469 e. The van der Waals surface area contributed by atoms with E-state index in [4.69, 9.17) is 49.7 Å². The van der Waals surface area contributed by atoms with Crippen LogP contribution in [0, 0.1) is 0 Å². The molecule has 0 spiro atoms. The van der Waals surface area contributed by atoms with E-state index < -0.39 is 11.9 Å². The molecule has 131 valence electrons. The highest BCUT2D eigenvalue weighted by Gasteiger charge is 2.39. The van der Waals surface area contributed by atoms with Crippen LogP contribution in [0.25, 0.3) is 0 Å². The summed E-state index contributed by atoms with van der Waals surface area (Å²) in [6.07, 6.45) is 0.156. The Morgan fingerprint density at radius 1 is 0.913 bits per heavy atom. The monoisotopic (exact) mass is 398 g/mol. The van der Waals surface area contributed by atoms with Crippen molar-refractivity contribution in [2.24, 2.45) is 0 Å². The molecular formula is C12H20N3O4S4. The Kier molecular flexibility index (Phi) is 9.43. The maximum atomic E-state index is 11.4. The molecule has 0 aliphatic heterocycles. The summed E-state index contributed by atoms with van der Waals surface area (Å²) in [5.41, 5.74) is 4.52. The van der Waals surface area contributed by atoms with Gasteiger partial charge in [-0.15, -0.1) is 0 Å². The standard InChI is InChI=1S/C12H22N3O4S4/c1-14(11(20)21,7-5-9(16)18-3)13-15(2,12(22)23)8-6-10(17)19-4/h5-8H2,1-4H3,(H,20,21)(H,22,23)/q+2/p-2. The first-order valence-corrected chi connectivity index (χ1v) is 8.16. The molecule has 0 N–H and O–H groups in total. The van der Waals surface area contributed by atoms with E-state index in [-0.39, 0.29) is 43.8 Å². The largest absolute Gasteiger partial charge is 0.469 e. The molecule has 0 aromatic carbocycles. The van der Waals surface area contributed by atoms with Crippen LogP contribution in [0.1, 0.15) is 12.8 Å². The van der Waals surface area contributed by atoms with Crippen LogP contribution in [-0.4, -0.2) is 71.2 Å². The fraction of sp³-hybridized carbons (Fsp3) is 0.667. The summed E-state index contributed by atoms with van der Waals surface area (Å²) in [5.74, 6) is -0.805. The highest BCUT2D eigenvalue weighted by Crippen LogP contribution is 2.13. The van der Waals surface area contributed by atoms with Crippen molar-refractivity contribution in [2.45, 2.75) is 12.8 Å². The first kappa shape index (κ1) is 22.4. The quantitative estimate of drug-likeness (QED) is 0.188. The zero-order chi connectivity index (χ0) is 18.3. The number of carbonyl (C=O) groups is 2. The first-order valence-electron chi connectivity index (χ1n) is 6.53. The normalized spacial score (nSPS) is 15.8. The fourth-order valence-corrected chi connectivity index (χ4v) is 2.11. The summed E-state index contributed by atoms with van der Waals surface area (Å²) in [6, 6.07) is 0. The molecule has 2 atom stereocenters.